The van der Waals surface area contributed by atoms with E-state index in [1.165, 1.54) is 103 Å². The van der Waals surface area contributed by atoms with Crippen LogP contribution < -0.4 is 11.6 Å². The molecule has 0 spiro atoms. The van der Waals surface area contributed by atoms with E-state index in [1.54, 1.807) is 0 Å². The van der Waals surface area contributed by atoms with E-state index in [-0.39, 0.29) is 0 Å². The van der Waals surface area contributed by atoms with Gasteiger partial charge in [0.05, 0.1) is 0 Å². The Bertz CT molecular complexity index is 138. The average Bonchev–Trinajstić information content (AvgIpc) is 2.53. The molecule has 0 bridgehead atoms. The van der Waals surface area contributed by atoms with Crippen molar-refractivity contribution in [3.8, 4) is 0 Å². The number of unbranched alkanes of at least 4 members (excludes halogenated alkanes) is 15. The van der Waals surface area contributed by atoms with Crippen molar-refractivity contribution < 1.29 is 5.21 Å². The smallest absolute Gasteiger partial charge is 0.00773 e. The molecule has 0 atom stereocenters. The molecule has 0 aliphatic heterocycles. The summed E-state index contributed by atoms with van der Waals surface area (Å²) in [5.41, 5.74) is 5.48. The maximum atomic E-state index is 6.50. The second-order valence-electron chi connectivity index (χ2n) is 6.09. The lowest BCUT2D eigenvalue weighted by Crippen LogP contribution is -1.97. The molecule has 21 heavy (non-hydrogen) atoms. The monoisotopic (exact) mass is 302 g/mol. The first-order valence-electron chi connectivity index (χ1n) is 9.37. The number of nitrogens with two attached hydrogens (primary N) is 2. The molecule has 0 saturated heterocycles. The van der Waals surface area contributed by atoms with E-state index in [4.69, 9.17) is 10.9 Å². The highest BCUT2D eigenvalue weighted by atomic mass is 16.4. The third-order valence-electron chi connectivity index (χ3n) is 4.06. The Labute approximate surface area is 133 Å². The zero-order chi connectivity index (χ0) is 16.0. The normalized spacial score (nSPS) is 10.3. The highest BCUT2D eigenvalue weighted by Gasteiger charge is 1.94. The second-order valence-corrected chi connectivity index (χ2v) is 6.09. The summed E-state index contributed by atoms with van der Waals surface area (Å²) in [7, 11) is 0. The number of rotatable bonds is 16. The number of hydrogen-bond acceptors (Lipinski definition) is 3. The topological polar surface area (TPSA) is 72.3 Å². The standard InChI is InChI=1S/C18H39N.H3NO/c1-2-3-4-5-6-7-8-9-10-11-12-13-14-15-16-17-18-19;1-2/h2-19H2,1H3;2H,1H2. The SMILES string of the molecule is CCCCCCCCCCCCCCCCCCN.NO. The molecule has 3 heteroatoms. The van der Waals surface area contributed by atoms with Crippen molar-refractivity contribution in [1.29, 1.82) is 0 Å². The molecule has 0 aliphatic carbocycles. The summed E-state index contributed by atoms with van der Waals surface area (Å²) in [4.78, 5) is 0. The lowest BCUT2D eigenvalue weighted by molar-refractivity contribution is 0.311. The highest BCUT2D eigenvalue weighted by Crippen LogP contribution is 2.13. The largest absolute Gasteiger partial charge is 0.330 e. The molecule has 0 aromatic heterocycles. The summed E-state index contributed by atoms with van der Waals surface area (Å²) in [6.45, 7) is 3.16. The minimum atomic E-state index is 0.873. The molecule has 5 N–H and O–H groups in total. The van der Waals surface area contributed by atoms with E-state index in [0.29, 0.717) is 0 Å². The van der Waals surface area contributed by atoms with E-state index in [2.05, 4.69) is 12.8 Å². The van der Waals surface area contributed by atoms with E-state index >= 15 is 0 Å². The Balaban J connectivity index is 0. The Hall–Kier alpha value is -0.120. The Morgan fingerprint density at radius 1 is 0.476 bits per heavy atom. The maximum Gasteiger partial charge on any atom is -0.00773 e. The molecule has 0 fully saturated rings. The fraction of sp³-hybridized carbons (Fsp3) is 1.00. The van der Waals surface area contributed by atoms with Crippen LogP contribution in [0.25, 0.3) is 0 Å². The van der Waals surface area contributed by atoms with Crippen molar-refractivity contribution >= 4 is 0 Å². The van der Waals surface area contributed by atoms with Gasteiger partial charge in [0, 0.05) is 0 Å². The summed E-state index contributed by atoms with van der Waals surface area (Å²) < 4.78 is 0. The van der Waals surface area contributed by atoms with Gasteiger partial charge in [-0.1, -0.05) is 103 Å². The molecular formula is C18H42N2O. The molecule has 0 amide bonds. The lowest BCUT2D eigenvalue weighted by atomic mass is 10.0. The van der Waals surface area contributed by atoms with Crippen LogP contribution in [0.5, 0.6) is 0 Å². The van der Waals surface area contributed by atoms with Gasteiger partial charge in [-0.05, 0) is 13.0 Å². The van der Waals surface area contributed by atoms with E-state index in [9.17, 15) is 0 Å². The molecule has 0 radical (unpaired) electrons. The number of hydrogen-bond donors (Lipinski definition) is 3. The molecule has 0 aliphatic rings. The van der Waals surface area contributed by atoms with Gasteiger partial charge < -0.3 is 10.9 Å². The molecule has 0 aromatic carbocycles. The minimum absolute atomic E-state index is 0.873. The van der Waals surface area contributed by atoms with E-state index in [1.807, 2.05) is 0 Å². The van der Waals surface area contributed by atoms with Crippen LogP contribution >= 0.6 is 0 Å². The molecule has 0 aromatic rings. The quantitative estimate of drug-likeness (QED) is 0.259. The van der Waals surface area contributed by atoms with Gasteiger partial charge in [0.25, 0.3) is 0 Å². The zero-order valence-electron chi connectivity index (χ0n) is 14.6. The predicted molar refractivity (Wildman–Crippen MR) is 94.6 cm³/mol. The fourth-order valence-electron chi connectivity index (χ4n) is 2.69. The predicted octanol–water partition coefficient (Wildman–Crippen LogP) is 5.54. The molecule has 0 heterocycles. The summed E-state index contributed by atoms with van der Waals surface area (Å²) in [6.07, 6.45) is 22.9. The molecule has 0 unspecified atom stereocenters. The highest BCUT2D eigenvalue weighted by molar-refractivity contribution is 4.49. The van der Waals surface area contributed by atoms with E-state index in [0.717, 1.165) is 6.54 Å². The van der Waals surface area contributed by atoms with Crippen molar-refractivity contribution in [2.45, 2.75) is 110 Å². The Kier molecular flexibility index (Phi) is 27.4. The molecule has 0 rings (SSSR count). The summed E-state index contributed by atoms with van der Waals surface area (Å²) in [6, 6.07) is 0. The third-order valence-corrected chi connectivity index (χ3v) is 4.06. The van der Waals surface area contributed by atoms with Gasteiger partial charge in [0.2, 0.25) is 0 Å². The van der Waals surface area contributed by atoms with Gasteiger partial charge in [0.1, 0.15) is 0 Å². The van der Waals surface area contributed by atoms with Gasteiger partial charge in [0.15, 0.2) is 0 Å². The van der Waals surface area contributed by atoms with Crippen LogP contribution in [-0.2, 0) is 0 Å². The van der Waals surface area contributed by atoms with E-state index < -0.39 is 0 Å². The molecule has 130 valence electrons. The van der Waals surface area contributed by atoms with Crippen LogP contribution in [0.1, 0.15) is 110 Å². The fourth-order valence-corrected chi connectivity index (χ4v) is 2.69. The van der Waals surface area contributed by atoms with Crippen LogP contribution in [0, 0.1) is 0 Å². The van der Waals surface area contributed by atoms with Gasteiger partial charge in [-0.25, -0.2) is 5.90 Å². The van der Waals surface area contributed by atoms with Crippen molar-refractivity contribution in [2.75, 3.05) is 6.54 Å². The minimum Gasteiger partial charge on any atom is -0.330 e. The first kappa shape index (κ1) is 23.2. The van der Waals surface area contributed by atoms with Crippen molar-refractivity contribution in [2.24, 2.45) is 11.6 Å². The Morgan fingerprint density at radius 2 is 0.714 bits per heavy atom. The first-order valence-corrected chi connectivity index (χ1v) is 9.37. The summed E-state index contributed by atoms with van der Waals surface area (Å²) in [5.74, 6) is 3.50. The van der Waals surface area contributed by atoms with Crippen LogP contribution in [0.3, 0.4) is 0 Å². The van der Waals surface area contributed by atoms with Crippen molar-refractivity contribution in [3.63, 3.8) is 0 Å². The second kappa shape index (κ2) is 24.9. The van der Waals surface area contributed by atoms with Crippen molar-refractivity contribution in [1.82, 2.24) is 0 Å². The van der Waals surface area contributed by atoms with Gasteiger partial charge in [-0.15, -0.1) is 0 Å². The molecular weight excluding hydrogens is 260 g/mol. The summed E-state index contributed by atoms with van der Waals surface area (Å²) >= 11 is 0. The molecule has 0 saturated carbocycles. The maximum absolute atomic E-state index is 6.50. The van der Waals surface area contributed by atoms with Gasteiger partial charge in [-0.3, -0.25) is 0 Å². The van der Waals surface area contributed by atoms with Crippen LogP contribution in [-0.4, -0.2) is 11.8 Å². The zero-order valence-corrected chi connectivity index (χ0v) is 14.6. The van der Waals surface area contributed by atoms with Crippen LogP contribution in [0.2, 0.25) is 0 Å². The lowest BCUT2D eigenvalue weighted by Gasteiger charge is -2.03. The molecule has 3 nitrogen and oxygen atoms in total. The average molecular weight is 303 g/mol. The van der Waals surface area contributed by atoms with Crippen LogP contribution in [0.4, 0.5) is 0 Å². The van der Waals surface area contributed by atoms with Gasteiger partial charge >= 0.3 is 0 Å². The summed E-state index contributed by atoms with van der Waals surface area (Å²) in [5, 5.41) is 6.50. The first-order chi connectivity index (χ1) is 10.4. The van der Waals surface area contributed by atoms with Gasteiger partial charge in [-0.2, -0.15) is 0 Å². The van der Waals surface area contributed by atoms with Crippen LogP contribution in [0.15, 0.2) is 0 Å². The van der Waals surface area contributed by atoms with Crippen molar-refractivity contribution in [3.05, 3.63) is 0 Å². The Morgan fingerprint density at radius 3 is 0.952 bits per heavy atom. The third kappa shape index (κ3) is 25.2.